The minimum atomic E-state index is -0.832. The Bertz CT molecular complexity index is 1760. The quantitative estimate of drug-likeness (QED) is 0.245. The van der Waals surface area contributed by atoms with E-state index < -0.39 is 6.04 Å². The van der Waals surface area contributed by atoms with Crippen LogP contribution >= 0.6 is 31.9 Å². The number of benzene rings is 2. The van der Waals surface area contributed by atoms with E-state index in [4.69, 9.17) is 0 Å². The molecule has 2 aliphatic rings. The number of urea groups is 1. The topological polar surface area (TPSA) is 127 Å². The number of carbonyl (C=O) groups excluding carboxylic acids is 2. The second kappa shape index (κ2) is 14.3. The lowest BCUT2D eigenvalue weighted by atomic mass is 10.0. The van der Waals surface area contributed by atoms with Crippen molar-refractivity contribution in [3.63, 3.8) is 0 Å². The number of rotatable bonds is 7. The molecule has 2 aromatic heterocycles. The van der Waals surface area contributed by atoms with Crippen LogP contribution in [0, 0.1) is 5.82 Å². The van der Waals surface area contributed by atoms with E-state index in [1.165, 1.54) is 12.1 Å². The summed E-state index contributed by atoms with van der Waals surface area (Å²) < 4.78 is 16.0. The van der Waals surface area contributed by atoms with Gasteiger partial charge < -0.3 is 30.1 Å². The fraction of sp³-hybridized carbons (Fsp3) is 0.333. The Balaban J connectivity index is 1.12. The number of hydrogen-bond acceptors (Lipinski definition) is 6. The predicted octanol–water partition coefficient (Wildman–Crippen LogP) is 4.91. The number of nitrogens with zero attached hydrogens (tertiary/aromatic N) is 5. The fourth-order valence-electron chi connectivity index (χ4n) is 6.18. The summed E-state index contributed by atoms with van der Waals surface area (Å²) in [5.41, 5.74) is 2.87. The molecule has 2 aliphatic heterocycles. The van der Waals surface area contributed by atoms with Crippen molar-refractivity contribution in [3.05, 3.63) is 97.9 Å². The van der Waals surface area contributed by atoms with Crippen molar-refractivity contribution in [1.82, 2.24) is 29.7 Å². The van der Waals surface area contributed by atoms with Crippen LogP contribution in [0.3, 0.4) is 0 Å². The molecule has 0 radical (unpaired) electrons. The van der Waals surface area contributed by atoms with Crippen LogP contribution in [-0.4, -0.2) is 86.7 Å². The van der Waals surface area contributed by atoms with Crippen LogP contribution in [-0.2, 0) is 11.2 Å². The average Bonchev–Trinajstić information content (AvgIpc) is 3.48. The normalized spacial score (nSPS) is 16.3. The second-order valence-electron chi connectivity index (χ2n) is 11.7. The number of pyridine rings is 1. The van der Waals surface area contributed by atoms with Gasteiger partial charge in [0, 0.05) is 76.0 Å². The number of anilines is 1. The summed E-state index contributed by atoms with van der Waals surface area (Å²) in [6.45, 7) is 3.13. The lowest BCUT2D eigenvalue weighted by molar-refractivity contribution is -0.133. The van der Waals surface area contributed by atoms with Crippen molar-refractivity contribution in [2.24, 2.45) is 0 Å². The number of phenols is 1. The van der Waals surface area contributed by atoms with Crippen molar-refractivity contribution < 1.29 is 19.1 Å². The maximum atomic E-state index is 13.9. The maximum Gasteiger partial charge on any atom is 0.326 e. The lowest BCUT2D eigenvalue weighted by Gasteiger charge is -2.38. The van der Waals surface area contributed by atoms with Crippen LogP contribution < -0.4 is 15.9 Å². The van der Waals surface area contributed by atoms with E-state index in [2.05, 4.69) is 52.0 Å². The van der Waals surface area contributed by atoms with Crippen molar-refractivity contribution >= 4 is 49.5 Å². The van der Waals surface area contributed by atoms with Gasteiger partial charge in [-0.2, -0.15) is 0 Å². The van der Waals surface area contributed by atoms with E-state index >= 15 is 0 Å². The summed E-state index contributed by atoms with van der Waals surface area (Å²) >= 11 is 6.74. The van der Waals surface area contributed by atoms with Gasteiger partial charge in [0.15, 0.2) is 0 Å². The number of hydrogen-bond donors (Lipinski definition) is 3. The van der Waals surface area contributed by atoms with Crippen LogP contribution in [0.15, 0.2) is 80.9 Å². The highest BCUT2D eigenvalue weighted by atomic mass is 79.9. The molecule has 11 nitrogen and oxygen atoms in total. The van der Waals surface area contributed by atoms with Crippen molar-refractivity contribution in [2.45, 2.75) is 31.3 Å². The summed E-state index contributed by atoms with van der Waals surface area (Å²) in [6.07, 6.45) is 6.58. The number of aromatic amines is 1. The Morgan fingerprint density at radius 2 is 1.60 bits per heavy atom. The summed E-state index contributed by atoms with van der Waals surface area (Å²) in [5, 5.41) is 13.2. The highest BCUT2D eigenvalue weighted by molar-refractivity contribution is 9.11. The SMILES string of the molecule is O=C(N[C@@H](Cc1cc(Br)c(O)c(Br)c1)C(=O)N1CCN(c2ccncc2)CC1)N1CCC(n2cc(-c3ccc(F)cc3)[nH]c2=O)CC1. The molecular formula is C33H34Br2FN7O4. The second-order valence-corrected chi connectivity index (χ2v) is 13.4. The monoisotopic (exact) mass is 769 g/mol. The summed E-state index contributed by atoms with van der Waals surface area (Å²) in [7, 11) is 0. The third-order valence-electron chi connectivity index (χ3n) is 8.78. The zero-order valence-electron chi connectivity index (χ0n) is 25.4. The number of H-pyrrole nitrogens is 1. The van der Waals surface area contributed by atoms with Gasteiger partial charge in [-0.25, -0.2) is 14.0 Å². The number of aromatic hydroxyl groups is 1. The molecule has 0 aliphatic carbocycles. The standard InChI is InChI=1S/C33H34Br2FN7O4/c34-26-17-21(18-27(35)30(26)44)19-28(31(45)41-15-13-40(14-16-41)24-5-9-37-10-6-24)38-32(46)42-11-7-25(8-12-42)43-20-29(39-33(43)47)22-1-3-23(36)4-2-22/h1-6,9-10,17-18,20,25,28,44H,7-8,11-16,19H2,(H,38,46)(H,39,47)/t28-/m0/s1. The zero-order valence-corrected chi connectivity index (χ0v) is 28.6. The van der Waals surface area contributed by atoms with E-state index in [9.17, 15) is 23.9 Å². The number of carbonyl (C=O) groups is 2. The first kappa shape index (κ1) is 32.8. The molecule has 246 valence electrons. The summed E-state index contributed by atoms with van der Waals surface area (Å²) in [4.78, 5) is 52.9. The Hall–Kier alpha value is -4.17. The first-order valence-electron chi connectivity index (χ1n) is 15.4. The molecule has 6 rings (SSSR count). The van der Waals surface area contributed by atoms with Gasteiger partial charge in [0.2, 0.25) is 5.91 Å². The number of halogens is 3. The van der Waals surface area contributed by atoms with Gasteiger partial charge in [-0.05, 0) is 104 Å². The van der Waals surface area contributed by atoms with Gasteiger partial charge >= 0.3 is 11.7 Å². The first-order chi connectivity index (χ1) is 22.7. The van der Waals surface area contributed by atoms with E-state index in [-0.39, 0.29) is 41.7 Å². The molecular weight excluding hydrogens is 737 g/mol. The molecule has 4 aromatic rings. The number of likely N-dealkylation sites (tertiary alicyclic amines) is 1. The first-order valence-corrected chi connectivity index (χ1v) is 17.0. The Labute approximate surface area is 287 Å². The van der Waals surface area contributed by atoms with Crippen LogP contribution in [0.1, 0.15) is 24.4 Å². The molecule has 0 bridgehead atoms. The largest absolute Gasteiger partial charge is 0.506 e. The van der Waals surface area contributed by atoms with Crippen molar-refractivity contribution in [3.8, 4) is 17.0 Å². The number of phenolic OH excluding ortho intramolecular Hbond substituents is 1. The molecule has 47 heavy (non-hydrogen) atoms. The average molecular weight is 771 g/mol. The number of aromatic nitrogens is 3. The Kier molecular flexibility index (Phi) is 9.97. The van der Waals surface area contributed by atoms with E-state index in [1.807, 2.05) is 12.1 Å². The fourth-order valence-corrected chi connectivity index (χ4v) is 7.46. The molecule has 2 fully saturated rings. The van der Waals surface area contributed by atoms with Crippen LogP contribution in [0.5, 0.6) is 5.75 Å². The van der Waals surface area contributed by atoms with Crippen molar-refractivity contribution in [2.75, 3.05) is 44.2 Å². The smallest absolute Gasteiger partial charge is 0.326 e. The molecule has 3 amide bonds. The van der Waals surface area contributed by atoms with Crippen molar-refractivity contribution in [1.29, 1.82) is 0 Å². The number of nitrogens with one attached hydrogen (secondary N) is 2. The maximum absolute atomic E-state index is 13.9. The van der Waals surface area contributed by atoms with Crippen LogP contribution in [0.2, 0.25) is 0 Å². The van der Waals surface area contributed by atoms with Gasteiger partial charge in [-0.1, -0.05) is 0 Å². The molecule has 3 N–H and O–H groups in total. The number of amides is 3. The molecule has 0 saturated carbocycles. The molecule has 14 heteroatoms. The highest BCUT2D eigenvalue weighted by Gasteiger charge is 2.32. The third-order valence-corrected chi connectivity index (χ3v) is 9.99. The number of imidazole rings is 1. The lowest BCUT2D eigenvalue weighted by Crippen LogP contribution is -2.57. The van der Waals surface area contributed by atoms with Gasteiger partial charge in [0.25, 0.3) is 0 Å². The van der Waals surface area contributed by atoms with Gasteiger partial charge in [-0.15, -0.1) is 0 Å². The third kappa shape index (κ3) is 7.54. The molecule has 4 heterocycles. The van der Waals surface area contributed by atoms with E-state index in [1.54, 1.807) is 57.2 Å². The van der Waals surface area contributed by atoms with E-state index in [0.717, 1.165) is 11.3 Å². The summed E-state index contributed by atoms with van der Waals surface area (Å²) in [6, 6.07) is 12.0. The number of piperidine rings is 1. The van der Waals surface area contributed by atoms with Crippen LogP contribution in [0.25, 0.3) is 11.3 Å². The molecule has 2 saturated heterocycles. The Morgan fingerprint density at radius 1 is 0.957 bits per heavy atom. The van der Waals surface area contributed by atoms with Gasteiger partial charge in [0.05, 0.1) is 14.6 Å². The Morgan fingerprint density at radius 3 is 2.23 bits per heavy atom. The molecule has 0 spiro atoms. The van der Waals surface area contributed by atoms with Gasteiger partial charge in [0.1, 0.15) is 17.6 Å². The molecule has 0 unspecified atom stereocenters. The zero-order chi connectivity index (χ0) is 33.1. The minimum absolute atomic E-state index is 0.0575. The van der Waals surface area contributed by atoms with E-state index in [0.29, 0.717) is 72.3 Å². The number of piperazine rings is 1. The highest BCUT2D eigenvalue weighted by Crippen LogP contribution is 2.34. The van der Waals surface area contributed by atoms with Gasteiger partial charge in [-0.3, -0.25) is 14.3 Å². The summed E-state index contributed by atoms with van der Waals surface area (Å²) in [5.74, 6) is -0.463. The predicted molar refractivity (Wildman–Crippen MR) is 183 cm³/mol. The molecule has 1 atom stereocenters. The minimum Gasteiger partial charge on any atom is -0.506 e. The van der Waals surface area contributed by atoms with Crippen LogP contribution in [0.4, 0.5) is 14.9 Å². The molecule has 2 aromatic carbocycles.